The van der Waals surface area contributed by atoms with Gasteiger partial charge in [-0.15, -0.1) is 11.8 Å². The number of hydrogen-bond donors (Lipinski definition) is 2. The van der Waals surface area contributed by atoms with E-state index in [0.29, 0.717) is 4.90 Å². The smallest absolute Gasteiger partial charge is 0.416 e. The molecule has 1 heterocycles. The first-order chi connectivity index (χ1) is 14.5. The number of carbonyl (C=O) groups is 3. The van der Waals surface area contributed by atoms with Crippen LogP contribution in [0.5, 0.6) is 0 Å². The van der Waals surface area contributed by atoms with Crippen LogP contribution in [0, 0.1) is 5.82 Å². The van der Waals surface area contributed by atoms with Gasteiger partial charge in [-0.2, -0.15) is 13.2 Å². The quantitative estimate of drug-likeness (QED) is 0.491. The van der Waals surface area contributed by atoms with Crippen molar-refractivity contribution in [3.63, 3.8) is 0 Å². The highest BCUT2D eigenvalue weighted by atomic mass is 35.5. The third kappa shape index (κ3) is 5.88. The standard InChI is InChI=1S/C19H13ClF4N2O4S/c20-11-6-10(2-3-12(11)21)25-16(27)8-30-17(28)7-15-18(29)26-13-5-9(19(22,23)24)1-4-14(13)31-15/h1-6,15H,7-8H2,(H,25,27)(H,26,29). The summed E-state index contributed by atoms with van der Waals surface area (Å²) >= 11 is 6.53. The van der Waals surface area contributed by atoms with Crippen LogP contribution in [0.1, 0.15) is 12.0 Å². The zero-order valence-corrected chi connectivity index (χ0v) is 17.0. The van der Waals surface area contributed by atoms with Crippen LogP contribution in [-0.4, -0.2) is 29.6 Å². The van der Waals surface area contributed by atoms with E-state index in [0.717, 1.165) is 30.0 Å². The molecule has 1 unspecified atom stereocenters. The molecule has 12 heteroatoms. The van der Waals surface area contributed by atoms with Crippen LogP contribution < -0.4 is 10.6 Å². The topological polar surface area (TPSA) is 84.5 Å². The summed E-state index contributed by atoms with van der Waals surface area (Å²) in [5, 5.41) is 3.58. The first-order valence-electron chi connectivity index (χ1n) is 8.62. The molecule has 2 amide bonds. The van der Waals surface area contributed by atoms with Crippen LogP contribution >= 0.6 is 23.4 Å². The van der Waals surface area contributed by atoms with Gasteiger partial charge in [0.2, 0.25) is 5.91 Å². The lowest BCUT2D eigenvalue weighted by molar-refractivity contribution is -0.147. The number of amides is 2. The number of alkyl halides is 3. The zero-order chi connectivity index (χ0) is 22.8. The lowest BCUT2D eigenvalue weighted by atomic mass is 10.1. The van der Waals surface area contributed by atoms with Gasteiger partial charge in [0.15, 0.2) is 6.61 Å². The van der Waals surface area contributed by atoms with E-state index < -0.39 is 53.6 Å². The molecule has 0 aromatic heterocycles. The van der Waals surface area contributed by atoms with Crippen LogP contribution in [0.2, 0.25) is 5.02 Å². The van der Waals surface area contributed by atoms with Crippen LogP contribution in [0.25, 0.3) is 0 Å². The van der Waals surface area contributed by atoms with Gasteiger partial charge in [-0.1, -0.05) is 11.6 Å². The average Bonchev–Trinajstić information content (AvgIpc) is 2.69. The number of ether oxygens (including phenoxy) is 1. The summed E-state index contributed by atoms with van der Waals surface area (Å²) in [5.41, 5.74) is -0.699. The predicted molar refractivity (Wildman–Crippen MR) is 105 cm³/mol. The lowest BCUT2D eigenvalue weighted by Crippen LogP contribution is -2.32. The Morgan fingerprint density at radius 3 is 2.61 bits per heavy atom. The van der Waals surface area contributed by atoms with Gasteiger partial charge in [-0.3, -0.25) is 14.4 Å². The summed E-state index contributed by atoms with van der Waals surface area (Å²) in [5.74, 6) is -2.87. The molecule has 0 aliphatic carbocycles. The van der Waals surface area contributed by atoms with E-state index in [2.05, 4.69) is 10.6 Å². The molecule has 0 saturated carbocycles. The van der Waals surface area contributed by atoms with E-state index in [1.807, 2.05) is 0 Å². The van der Waals surface area contributed by atoms with E-state index in [1.165, 1.54) is 18.2 Å². The molecule has 2 N–H and O–H groups in total. The highest BCUT2D eigenvalue weighted by Crippen LogP contribution is 2.40. The second-order valence-electron chi connectivity index (χ2n) is 6.35. The number of halogens is 5. The Bertz CT molecular complexity index is 1050. The van der Waals surface area contributed by atoms with Gasteiger partial charge in [0.1, 0.15) is 5.82 Å². The van der Waals surface area contributed by atoms with Crippen LogP contribution in [-0.2, 0) is 25.3 Å². The molecule has 1 aliphatic rings. The zero-order valence-electron chi connectivity index (χ0n) is 15.4. The summed E-state index contributed by atoms with van der Waals surface area (Å²) < 4.78 is 56.3. The second-order valence-corrected chi connectivity index (χ2v) is 8.00. The number of carbonyl (C=O) groups excluding carboxylic acids is 3. The predicted octanol–water partition coefficient (Wildman–Crippen LogP) is 4.48. The lowest BCUT2D eigenvalue weighted by Gasteiger charge is -2.24. The Hall–Kier alpha value is -2.79. The number of rotatable bonds is 5. The van der Waals surface area contributed by atoms with Gasteiger partial charge in [-0.25, -0.2) is 4.39 Å². The molecule has 0 bridgehead atoms. The maximum absolute atomic E-state index is 13.1. The highest BCUT2D eigenvalue weighted by molar-refractivity contribution is 8.01. The number of nitrogens with one attached hydrogen (secondary N) is 2. The maximum Gasteiger partial charge on any atom is 0.416 e. The van der Waals surface area contributed by atoms with Crippen LogP contribution in [0.4, 0.5) is 28.9 Å². The largest absolute Gasteiger partial charge is 0.456 e. The van der Waals surface area contributed by atoms with Gasteiger partial charge in [0.25, 0.3) is 5.91 Å². The van der Waals surface area contributed by atoms with Crippen molar-refractivity contribution < 1.29 is 36.7 Å². The van der Waals surface area contributed by atoms with Crippen molar-refractivity contribution in [2.75, 3.05) is 17.2 Å². The summed E-state index contributed by atoms with van der Waals surface area (Å²) in [6.07, 6.45) is -4.95. The monoisotopic (exact) mass is 476 g/mol. The van der Waals surface area contributed by atoms with Crippen molar-refractivity contribution in [2.24, 2.45) is 0 Å². The first kappa shape index (κ1) is 22.9. The Balaban J connectivity index is 1.53. The summed E-state index contributed by atoms with van der Waals surface area (Å²) in [7, 11) is 0. The highest BCUT2D eigenvalue weighted by Gasteiger charge is 2.34. The summed E-state index contributed by atoms with van der Waals surface area (Å²) in [4.78, 5) is 36.4. The van der Waals surface area contributed by atoms with Crippen LogP contribution in [0.3, 0.4) is 0 Å². The SMILES string of the molecule is O=C(COC(=O)CC1Sc2ccc(C(F)(F)F)cc2NC1=O)Nc1ccc(F)c(Cl)c1. The van der Waals surface area contributed by atoms with Crippen molar-refractivity contribution in [1.29, 1.82) is 0 Å². The number of thioether (sulfide) groups is 1. The first-order valence-corrected chi connectivity index (χ1v) is 9.88. The molecule has 6 nitrogen and oxygen atoms in total. The maximum atomic E-state index is 13.1. The fourth-order valence-electron chi connectivity index (χ4n) is 2.59. The average molecular weight is 477 g/mol. The molecule has 0 radical (unpaired) electrons. The van der Waals surface area contributed by atoms with E-state index in [1.54, 1.807) is 0 Å². The fourth-order valence-corrected chi connectivity index (χ4v) is 3.84. The minimum atomic E-state index is -4.55. The Morgan fingerprint density at radius 2 is 1.94 bits per heavy atom. The van der Waals surface area contributed by atoms with Gasteiger partial charge in [0.05, 0.1) is 27.9 Å². The van der Waals surface area contributed by atoms with Gasteiger partial charge < -0.3 is 15.4 Å². The summed E-state index contributed by atoms with van der Waals surface area (Å²) in [6.45, 7) is -0.654. The van der Waals surface area contributed by atoms with Crippen molar-refractivity contribution in [3.8, 4) is 0 Å². The minimum absolute atomic E-state index is 0.00628. The molecule has 0 spiro atoms. The molecule has 3 rings (SSSR count). The second kappa shape index (κ2) is 9.15. The third-order valence-corrected chi connectivity index (χ3v) is 5.61. The molecule has 1 aliphatic heterocycles. The molecular formula is C19H13ClF4N2O4S. The van der Waals surface area contributed by atoms with Crippen molar-refractivity contribution in [3.05, 3.63) is 52.8 Å². The number of hydrogen-bond acceptors (Lipinski definition) is 5. The number of esters is 1. The summed E-state index contributed by atoms with van der Waals surface area (Å²) in [6, 6.07) is 6.42. The minimum Gasteiger partial charge on any atom is -0.456 e. The molecule has 1 atom stereocenters. The third-order valence-electron chi connectivity index (χ3n) is 4.05. The van der Waals surface area contributed by atoms with Gasteiger partial charge >= 0.3 is 12.1 Å². The Kier molecular flexibility index (Phi) is 6.75. The molecule has 164 valence electrons. The Morgan fingerprint density at radius 1 is 1.19 bits per heavy atom. The van der Waals surface area contributed by atoms with E-state index in [9.17, 15) is 31.9 Å². The fraction of sp³-hybridized carbons (Fsp3) is 0.211. The number of anilines is 2. The molecule has 0 fully saturated rings. The Labute approximate surface area is 182 Å². The number of fused-ring (bicyclic) bond motifs is 1. The van der Waals surface area contributed by atoms with Crippen LogP contribution in [0.15, 0.2) is 41.3 Å². The van der Waals surface area contributed by atoms with Crippen molar-refractivity contribution in [2.45, 2.75) is 22.7 Å². The van der Waals surface area contributed by atoms with Gasteiger partial charge in [-0.05, 0) is 36.4 Å². The molecule has 2 aromatic carbocycles. The van der Waals surface area contributed by atoms with Crippen molar-refractivity contribution >= 4 is 52.5 Å². The van der Waals surface area contributed by atoms with E-state index >= 15 is 0 Å². The normalized spacial score (nSPS) is 15.6. The molecular weight excluding hydrogens is 464 g/mol. The van der Waals surface area contributed by atoms with Crippen molar-refractivity contribution in [1.82, 2.24) is 0 Å². The number of benzene rings is 2. The molecule has 31 heavy (non-hydrogen) atoms. The van der Waals surface area contributed by atoms with E-state index in [4.69, 9.17) is 16.3 Å². The molecule has 0 saturated heterocycles. The van der Waals surface area contributed by atoms with Gasteiger partial charge in [0, 0.05) is 10.6 Å². The van der Waals surface area contributed by atoms with E-state index in [-0.39, 0.29) is 16.4 Å². The molecule has 2 aromatic rings.